The zero-order valence-corrected chi connectivity index (χ0v) is 11.4. The Morgan fingerprint density at radius 1 is 0.947 bits per heavy atom. The summed E-state index contributed by atoms with van der Waals surface area (Å²) >= 11 is 0. The molecule has 1 N–H and O–H groups in total. The standard InChI is InChI=1S/C17H21NO/c1-2-18-12-13-19-17-11-7-6-10-16(17)14-15-8-4-3-5-9-15/h3-11,18H,2,12-14H2,1H3. The number of likely N-dealkylation sites (N-methyl/N-ethyl adjacent to an activating group) is 1. The number of nitrogens with one attached hydrogen (secondary N) is 1. The van der Waals surface area contributed by atoms with Crippen LogP contribution in [0.2, 0.25) is 0 Å². The Morgan fingerprint density at radius 3 is 2.47 bits per heavy atom. The molecule has 0 aliphatic carbocycles. The number of benzene rings is 2. The van der Waals surface area contributed by atoms with Crippen LogP contribution in [0.3, 0.4) is 0 Å². The van der Waals surface area contributed by atoms with Crippen LogP contribution < -0.4 is 10.1 Å². The second kappa shape index (κ2) is 7.59. The Bertz CT molecular complexity index is 482. The van der Waals surface area contributed by atoms with E-state index in [9.17, 15) is 0 Å². The molecule has 2 heteroatoms. The highest BCUT2D eigenvalue weighted by Crippen LogP contribution is 2.21. The van der Waals surface area contributed by atoms with Crippen LogP contribution in [0.15, 0.2) is 54.6 Å². The second-order valence-corrected chi connectivity index (χ2v) is 4.47. The third-order valence-corrected chi connectivity index (χ3v) is 3.00. The van der Waals surface area contributed by atoms with Gasteiger partial charge in [0.15, 0.2) is 0 Å². The number of para-hydroxylation sites is 1. The zero-order chi connectivity index (χ0) is 13.3. The summed E-state index contributed by atoms with van der Waals surface area (Å²) < 4.78 is 5.85. The molecule has 0 aliphatic heterocycles. The molecule has 19 heavy (non-hydrogen) atoms. The smallest absolute Gasteiger partial charge is 0.122 e. The van der Waals surface area contributed by atoms with Crippen molar-refractivity contribution >= 4 is 0 Å². The average Bonchev–Trinajstić information content (AvgIpc) is 2.46. The van der Waals surface area contributed by atoms with Crippen LogP contribution >= 0.6 is 0 Å². The van der Waals surface area contributed by atoms with Gasteiger partial charge in [-0.3, -0.25) is 0 Å². The highest BCUT2D eigenvalue weighted by molar-refractivity contribution is 5.37. The van der Waals surface area contributed by atoms with E-state index < -0.39 is 0 Å². The molecular weight excluding hydrogens is 234 g/mol. The van der Waals surface area contributed by atoms with Gasteiger partial charge in [0.2, 0.25) is 0 Å². The molecule has 0 saturated heterocycles. The predicted molar refractivity (Wildman–Crippen MR) is 79.7 cm³/mol. The van der Waals surface area contributed by atoms with E-state index in [0.29, 0.717) is 6.61 Å². The Kier molecular flexibility index (Phi) is 5.45. The molecule has 0 spiro atoms. The van der Waals surface area contributed by atoms with E-state index in [0.717, 1.165) is 25.3 Å². The molecule has 0 bridgehead atoms. The van der Waals surface area contributed by atoms with Crippen molar-refractivity contribution in [1.29, 1.82) is 0 Å². The molecule has 0 atom stereocenters. The first-order valence-electron chi connectivity index (χ1n) is 6.85. The summed E-state index contributed by atoms with van der Waals surface area (Å²) in [5, 5.41) is 3.26. The van der Waals surface area contributed by atoms with E-state index in [1.807, 2.05) is 18.2 Å². The highest BCUT2D eigenvalue weighted by atomic mass is 16.5. The molecule has 0 amide bonds. The van der Waals surface area contributed by atoms with E-state index >= 15 is 0 Å². The molecule has 0 unspecified atom stereocenters. The van der Waals surface area contributed by atoms with Gasteiger partial charge in [-0.2, -0.15) is 0 Å². The van der Waals surface area contributed by atoms with Crippen molar-refractivity contribution in [2.75, 3.05) is 19.7 Å². The molecule has 0 heterocycles. The quantitative estimate of drug-likeness (QED) is 0.767. The minimum Gasteiger partial charge on any atom is -0.492 e. The minimum atomic E-state index is 0.708. The van der Waals surface area contributed by atoms with Crippen LogP contribution in [0.5, 0.6) is 5.75 Å². The summed E-state index contributed by atoms with van der Waals surface area (Å²) in [7, 11) is 0. The summed E-state index contributed by atoms with van der Waals surface area (Å²) in [4.78, 5) is 0. The van der Waals surface area contributed by atoms with Crippen LogP contribution in [0.4, 0.5) is 0 Å². The summed E-state index contributed by atoms with van der Waals surface area (Å²) in [6, 6.07) is 18.8. The summed E-state index contributed by atoms with van der Waals surface area (Å²) in [6.07, 6.45) is 0.915. The first kappa shape index (κ1) is 13.6. The van der Waals surface area contributed by atoms with Gasteiger partial charge in [0.05, 0.1) is 0 Å². The summed E-state index contributed by atoms with van der Waals surface area (Å²) in [5.74, 6) is 0.990. The minimum absolute atomic E-state index is 0.708. The van der Waals surface area contributed by atoms with Crippen LogP contribution in [-0.2, 0) is 6.42 Å². The first-order chi connectivity index (χ1) is 9.40. The molecule has 0 fully saturated rings. The second-order valence-electron chi connectivity index (χ2n) is 4.47. The van der Waals surface area contributed by atoms with Crippen molar-refractivity contribution < 1.29 is 4.74 Å². The number of rotatable bonds is 7. The summed E-state index contributed by atoms with van der Waals surface area (Å²) in [5.41, 5.74) is 2.55. The Labute approximate surface area is 115 Å². The molecular formula is C17H21NO. The Hall–Kier alpha value is -1.80. The van der Waals surface area contributed by atoms with Gasteiger partial charge in [-0.1, -0.05) is 55.5 Å². The van der Waals surface area contributed by atoms with Crippen molar-refractivity contribution in [1.82, 2.24) is 5.32 Å². The van der Waals surface area contributed by atoms with Crippen molar-refractivity contribution in [2.24, 2.45) is 0 Å². The topological polar surface area (TPSA) is 21.3 Å². The molecule has 100 valence electrons. The lowest BCUT2D eigenvalue weighted by Crippen LogP contribution is -2.20. The van der Waals surface area contributed by atoms with Crippen molar-refractivity contribution in [3.05, 3.63) is 65.7 Å². The third-order valence-electron chi connectivity index (χ3n) is 3.00. The van der Waals surface area contributed by atoms with Gasteiger partial charge >= 0.3 is 0 Å². The van der Waals surface area contributed by atoms with Crippen molar-refractivity contribution in [3.63, 3.8) is 0 Å². The van der Waals surface area contributed by atoms with Crippen molar-refractivity contribution in [3.8, 4) is 5.75 Å². The van der Waals surface area contributed by atoms with E-state index in [2.05, 4.69) is 48.6 Å². The van der Waals surface area contributed by atoms with Gasteiger partial charge < -0.3 is 10.1 Å². The largest absolute Gasteiger partial charge is 0.492 e. The van der Waals surface area contributed by atoms with Crippen LogP contribution in [0.1, 0.15) is 18.1 Å². The van der Waals surface area contributed by atoms with E-state index in [1.54, 1.807) is 0 Å². The molecule has 0 aliphatic rings. The average molecular weight is 255 g/mol. The molecule has 2 aromatic rings. The van der Waals surface area contributed by atoms with Crippen LogP contribution in [0, 0.1) is 0 Å². The van der Waals surface area contributed by atoms with Gasteiger partial charge in [0.1, 0.15) is 12.4 Å². The van der Waals surface area contributed by atoms with Gasteiger partial charge in [0, 0.05) is 13.0 Å². The zero-order valence-electron chi connectivity index (χ0n) is 11.4. The maximum absolute atomic E-state index is 5.85. The van der Waals surface area contributed by atoms with E-state index in [-0.39, 0.29) is 0 Å². The fraction of sp³-hybridized carbons (Fsp3) is 0.294. The van der Waals surface area contributed by atoms with Gasteiger partial charge in [0.25, 0.3) is 0 Å². The molecule has 2 nitrogen and oxygen atoms in total. The van der Waals surface area contributed by atoms with E-state index in [1.165, 1.54) is 11.1 Å². The van der Waals surface area contributed by atoms with Gasteiger partial charge in [-0.25, -0.2) is 0 Å². The number of hydrogen-bond acceptors (Lipinski definition) is 2. The fourth-order valence-corrected chi connectivity index (χ4v) is 2.02. The normalized spacial score (nSPS) is 10.4. The maximum atomic E-state index is 5.85. The molecule has 0 radical (unpaired) electrons. The van der Waals surface area contributed by atoms with Crippen LogP contribution in [-0.4, -0.2) is 19.7 Å². The molecule has 2 aromatic carbocycles. The maximum Gasteiger partial charge on any atom is 0.122 e. The lowest BCUT2D eigenvalue weighted by Gasteiger charge is -2.11. The van der Waals surface area contributed by atoms with Gasteiger partial charge in [-0.05, 0) is 23.7 Å². The number of hydrogen-bond donors (Lipinski definition) is 1. The predicted octanol–water partition coefficient (Wildman–Crippen LogP) is 3.27. The molecule has 0 saturated carbocycles. The lowest BCUT2D eigenvalue weighted by molar-refractivity contribution is 0.313. The summed E-state index contributed by atoms with van der Waals surface area (Å²) in [6.45, 7) is 4.67. The molecule has 2 rings (SSSR count). The van der Waals surface area contributed by atoms with Crippen molar-refractivity contribution in [2.45, 2.75) is 13.3 Å². The third kappa shape index (κ3) is 4.42. The highest BCUT2D eigenvalue weighted by Gasteiger charge is 2.03. The molecule has 0 aromatic heterocycles. The monoisotopic (exact) mass is 255 g/mol. The van der Waals surface area contributed by atoms with E-state index in [4.69, 9.17) is 4.74 Å². The number of ether oxygens (including phenoxy) is 1. The van der Waals surface area contributed by atoms with Gasteiger partial charge in [-0.15, -0.1) is 0 Å². The van der Waals surface area contributed by atoms with Crippen LogP contribution in [0.25, 0.3) is 0 Å². The SMILES string of the molecule is CCNCCOc1ccccc1Cc1ccccc1. The Morgan fingerprint density at radius 2 is 1.68 bits per heavy atom. The Balaban J connectivity index is 2.00. The first-order valence-corrected chi connectivity index (χ1v) is 6.85. The fourth-order valence-electron chi connectivity index (χ4n) is 2.02. The lowest BCUT2D eigenvalue weighted by atomic mass is 10.0.